The molecule has 2 amide bonds. The minimum absolute atomic E-state index is 0.256. The van der Waals surface area contributed by atoms with E-state index >= 15 is 0 Å². The van der Waals surface area contributed by atoms with Crippen molar-refractivity contribution in [1.82, 2.24) is 10.6 Å². The van der Waals surface area contributed by atoms with E-state index in [9.17, 15) is 19.5 Å². The van der Waals surface area contributed by atoms with Gasteiger partial charge in [-0.3, -0.25) is 9.59 Å². The summed E-state index contributed by atoms with van der Waals surface area (Å²) in [5.41, 5.74) is 4.54. The summed E-state index contributed by atoms with van der Waals surface area (Å²) in [5.74, 6) is -1.95. The van der Waals surface area contributed by atoms with Gasteiger partial charge in [0.15, 0.2) is 6.04 Å². The largest absolute Gasteiger partial charge is 0.479 e. The van der Waals surface area contributed by atoms with Crippen LogP contribution in [0.2, 0.25) is 0 Å². The predicted octanol–water partition coefficient (Wildman–Crippen LogP) is 2.60. The molecule has 148 valence electrons. The number of nitrogens with one attached hydrogen (secondary N) is 2. The number of hydrogen-bond acceptors (Lipinski definition) is 3. The molecular weight excluding hydrogens is 356 g/mol. The van der Waals surface area contributed by atoms with E-state index < -0.39 is 17.9 Å². The number of benzene rings is 2. The fourth-order valence-electron chi connectivity index (χ4n) is 2.96. The third-order valence-corrected chi connectivity index (χ3v) is 4.34. The molecule has 0 bridgehead atoms. The van der Waals surface area contributed by atoms with Crippen LogP contribution >= 0.6 is 0 Å². The number of carboxylic acids is 1. The van der Waals surface area contributed by atoms with Gasteiger partial charge in [0, 0.05) is 6.42 Å². The first kappa shape index (κ1) is 21.2. The predicted molar refractivity (Wildman–Crippen MR) is 107 cm³/mol. The van der Waals surface area contributed by atoms with E-state index in [2.05, 4.69) is 10.6 Å². The van der Waals surface area contributed by atoms with Crippen LogP contribution in [0.4, 0.5) is 0 Å². The smallest absolute Gasteiger partial charge is 0.330 e. The number of hydrogen-bond donors (Lipinski definition) is 3. The van der Waals surface area contributed by atoms with Crippen LogP contribution in [0.3, 0.4) is 0 Å². The van der Waals surface area contributed by atoms with Crippen LogP contribution in [0.5, 0.6) is 0 Å². The summed E-state index contributed by atoms with van der Waals surface area (Å²) in [5, 5.41) is 14.5. The lowest BCUT2D eigenvalue weighted by atomic mass is 10.0. The average molecular weight is 382 g/mol. The van der Waals surface area contributed by atoms with Gasteiger partial charge in [0.1, 0.15) is 0 Å². The summed E-state index contributed by atoms with van der Waals surface area (Å²) >= 11 is 0. The van der Waals surface area contributed by atoms with Gasteiger partial charge in [-0.25, -0.2) is 4.79 Å². The normalized spacial score (nSPS) is 11.5. The van der Waals surface area contributed by atoms with Gasteiger partial charge in [-0.05, 0) is 38.3 Å². The van der Waals surface area contributed by atoms with Crippen LogP contribution in [0.15, 0.2) is 42.5 Å². The van der Waals surface area contributed by atoms with Gasteiger partial charge in [0.25, 0.3) is 0 Å². The van der Waals surface area contributed by atoms with E-state index in [-0.39, 0.29) is 18.9 Å². The molecule has 6 heteroatoms. The highest BCUT2D eigenvalue weighted by Gasteiger charge is 2.22. The molecule has 2 rings (SSSR count). The number of amides is 2. The van der Waals surface area contributed by atoms with Crippen LogP contribution in [-0.4, -0.2) is 29.4 Å². The van der Waals surface area contributed by atoms with E-state index in [0.717, 1.165) is 22.3 Å². The Balaban J connectivity index is 1.86. The molecule has 1 atom stereocenters. The van der Waals surface area contributed by atoms with Crippen molar-refractivity contribution in [3.05, 3.63) is 70.3 Å². The van der Waals surface area contributed by atoms with Gasteiger partial charge >= 0.3 is 5.97 Å². The molecule has 0 aromatic heterocycles. The zero-order valence-electron chi connectivity index (χ0n) is 16.4. The minimum atomic E-state index is -1.16. The molecule has 0 aliphatic rings. The first-order chi connectivity index (χ1) is 13.2. The maximum absolute atomic E-state index is 12.1. The summed E-state index contributed by atoms with van der Waals surface area (Å²) in [7, 11) is 0. The Bertz CT molecular complexity index is 839. The number of aryl methyl sites for hydroxylation is 4. The molecule has 0 aliphatic carbocycles. The summed E-state index contributed by atoms with van der Waals surface area (Å²) in [6, 6.07) is 12.1. The van der Waals surface area contributed by atoms with E-state index in [1.165, 1.54) is 0 Å². The standard InChI is InChI=1S/C22H26N2O4/c1-14-4-6-17(7-5-14)8-9-19(25)23-13-20(26)24-21(22(27)28)18-11-15(2)10-16(3)12-18/h4-7,10-12,21H,8-9,13H2,1-3H3,(H,23,25)(H,24,26)(H,27,28). The van der Waals surface area contributed by atoms with Crippen molar-refractivity contribution in [2.75, 3.05) is 6.54 Å². The van der Waals surface area contributed by atoms with Crippen molar-refractivity contribution in [1.29, 1.82) is 0 Å². The number of carbonyl (C=O) groups is 3. The highest BCUT2D eigenvalue weighted by molar-refractivity contribution is 5.88. The highest BCUT2D eigenvalue weighted by Crippen LogP contribution is 2.17. The molecule has 2 aromatic carbocycles. The average Bonchev–Trinajstić information content (AvgIpc) is 2.63. The van der Waals surface area contributed by atoms with Gasteiger partial charge in [-0.2, -0.15) is 0 Å². The molecule has 0 heterocycles. The Labute approximate surface area is 165 Å². The topological polar surface area (TPSA) is 95.5 Å². The van der Waals surface area contributed by atoms with E-state index in [1.54, 1.807) is 12.1 Å². The van der Waals surface area contributed by atoms with E-state index in [1.807, 2.05) is 51.1 Å². The molecular formula is C22H26N2O4. The SMILES string of the molecule is Cc1ccc(CCC(=O)NCC(=O)NC(C(=O)O)c2cc(C)cc(C)c2)cc1. The molecule has 0 spiro atoms. The van der Waals surface area contributed by atoms with Gasteiger partial charge in [0.2, 0.25) is 11.8 Å². The summed E-state index contributed by atoms with van der Waals surface area (Å²) in [6.45, 7) is 5.47. The number of rotatable bonds is 8. The third-order valence-electron chi connectivity index (χ3n) is 4.34. The lowest BCUT2D eigenvalue weighted by Gasteiger charge is -2.16. The van der Waals surface area contributed by atoms with Crippen molar-refractivity contribution in [3.8, 4) is 0 Å². The maximum atomic E-state index is 12.1. The third kappa shape index (κ3) is 6.54. The van der Waals surface area contributed by atoms with Gasteiger partial charge in [0.05, 0.1) is 6.54 Å². The first-order valence-electron chi connectivity index (χ1n) is 9.17. The van der Waals surface area contributed by atoms with Crippen molar-refractivity contribution < 1.29 is 19.5 Å². The number of carboxylic acid groups (broad SMARTS) is 1. The number of aliphatic carboxylic acids is 1. The van der Waals surface area contributed by atoms with Crippen molar-refractivity contribution in [3.63, 3.8) is 0 Å². The summed E-state index contributed by atoms with van der Waals surface area (Å²) < 4.78 is 0. The van der Waals surface area contributed by atoms with Gasteiger partial charge < -0.3 is 15.7 Å². The molecule has 0 saturated carbocycles. The molecule has 3 N–H and O–H groups in total. The minimum Gasteiger partial charge on any atom is -0.479 e. The zero-order valence-corrected chi connectivity index (χ0v) is 16.4. The molecule has 0 aliphatic heterocycles. The highest BCUT2D eigenvalue weighted by atomic mass is 16.4. The molecule has 0 fully saturated rings. The van der Waals surface area contributed by atoms with E-state index in [0.29, 0.717) is 12.0 Å². The maximum Gasteiger partial charge on any atom is 0.330 e. The lowest BCUT2D eigenvalue weighted by molar-refractivity contribution is -0.141. The van der Waals surface area contributed by atoms with Crippen LogP contribution in [0.25, 0.3) is 0 Å². The Morgan fingerprint density at radius 2 is 1.50 bits per heavy atom. The van der Waals surface area contributed by atoms with Crippen molar-refractivity contribution >= 4 is 17.8 Å². The van der Waals surface area contributed by atoms with Crippen molar-refractivity contribution in [2.45, 2.75) is 39.7 Å². The molecule has 1 unspecified atom stereocenters. The fraction of sp³-hybridized carbons (Fsp3) is 0.318. The molecule has 0 saturated heterocycles. The second kappa shape index (κ2) is 9.69. The molecule has 6 nitrogen and oxygen atoms in total. The van der Waals surface area contributed by atoms with Gasteiger partial charge in [-0.15, -0.1) is 0 Å². The van der Waals surface area contributed by atoms with Crippen LogP contribution in [0, 0.1) is 20.8 Å². The lowest BCUT2D eigenvalue weighted by Crippen LogP contribution is -2.41. The Kier molecular flexibility index (Phi) is 7.32. The quantitative estimate of drug-likeness (QED) is 0.654. The second-order valence-electron chi connectivity index (χ2n) is 7.02. The van der Waals surface area contributed by atoms with Crippen LogP contribution in [-0.2, 0) is 20.8 Å². The van der Waals surface area contributed by atoms with Crippen LogP contribution in [0.1, 0.15) is 40.3 Å². The monoisotopic (exact) mass is 382 g/mol. The number of carbonyl (C=O) groups excluding carboxylic acids is 2. The molecule has 28 heavy (non-hydrogen) atoms. The molecule has 2 aromatic rings. The summed E-state index contributed by atoms with van der Waals surface area (Å²) in [4.78, 5) is 35.7. The fourth-order valence-corrected chi connectivity index (χ4v) is 2.96. The Morgan fingerprint density at radius 1 is 0.893 bits per heavy atom. The first-order valence-corrected chi connectivity index (χ1v) is 9.17. The van der Waals surface area contributed by atoms with Crippen LogP contribution < -0.4 is 10.6 Å². The molecule has 0 radical (unpaired) electrons. The Hall–Kier alpha value is -3.15. The van der Waals surface area contributed by atoms with Crippen molar-refractivity contribution in [2.24, 2.45) is 0 Å². The zero-order chi connectivity index (χ0) is 20.7. The second-order valence-corrected chi connectivity index (χ2v) is 7.02. The summed E-state index contributed by atoms with van der Waals surface area (Å²) in [6.07, 6.45) is 0.837. The van der Waals surface area contributed by atoms with E-state index in [4.69, 9.17) is 0 Å². The Morgan fingerprint density at radius 3 is 2.07 bits per heavy atom. The van der Waals surface area contributed by atoms with Gasteiger partial charge in [-0.1, -0.05) is 59.2 Å².